The van der Waals surface area contributed by atoms with Gasteiger partial charge in [-0.1, -0.05) is 31.2 Å². The first-order valence-corrected chi connectivity index (χ1v) is 3.68. The Hall–Kier alpha value is -0.520. The third kappa shape index (κ3) is 7.48. The third-order valence-corrected chi connectivity index (χ3v) is 1.14. The maximum absolute atomic E-state index is 2.24. The van der Waals surface area contributed by atoms with Crippen LogP contribution in [0.2, 0.25) is 0 Å². The van der Waals surface area contributed by atoms with Crippen molar-refractivity contribution in [1.82, 2.24) is 0 Å². The number of hydrogen-bond donors (Lipinski definition) is 0. The van der Waals surface area contributed by atoms with Gasteiger partial charge in [0.1, 0.15) is 0 Å². The van der Waals surface area contributed by atoms with E-state index in [1.54, 1.807) is 0 Å². The van der Waals surface area contributed by atoms with E-state index in [2.05, 4.69) is 38.2 Å². The summed E-state index contributed by atoms with van der Waals surface area (Å²) >= 11 is 0. The summed E-state index contributed by atoms with van der Waals surface area (Å²) < 4.78 is 0. The molecule has 0 atom stereocenters. The topological polar surface area (TPSA) is 0 Å². The van der Waals surface area contributed by atoms with Crippen LogP contribution in [0.4, 0.5) is 0 Å². The largest absolute Gasteiger partial charge is 0.0917 e. The third-order valence-electron chi connectivity index (χ3n) is 1.14. The van der Waals surface area contributed by atoms with Crippen molar-refractivity contribution in [3.63, 3.8) is 0 Å². The lowest BCUT2D eigenvalue weighted by Crippen LogP contribution is -1.62. The Balaban J connectivity index is 2.99. The van der Waals surface area contributed by atoms with E-state index in [4.69, 9.17) is 0 Å². The van der Waals surface area contributed by atoms with Crippen LogP contribution >= 0.6 is 0 Å². The van der Waals surface area contributed by atoms with Crippen LogP contribution in [0.15, 0.2) is 24.3 Å². The predicted molar refractivity (Wildman–Crippen MR) is 43.5 cm³/mol. The van der Waals surface area contributed by atoms with Crippen LogP contribution in [0.5, 0.6) is 0 Å². The Bertz CT molecular complexity index is 88.2. The van der Waals surface area contributed by atoms with Crippen molar-refractivity contribution >= 4 is 0 Å². The standard InChI is InChI=1S/C9H16/c1-3-5-7-9-8-6-4-2/h3,5-6,8H,4,7,9H2,1-2H3/b5-3?,8-6-. The number of allylic oxidation sites excluding steroid dienone is 4. The van der Waals surface area contributed by atoms with Crippen molar-refractivity contribution in [2.45, 2.75) is 33.1 Å². The molecule has 0 nitrogen and oxygen atoms in total. The molecule has 0 heterocycles. The fraction of sp³-hybridized carbons (Fsp3) is 0.556. The summed E-state index contributed by atoms with van der Waals surface area (Å²) in [5.41, 5.74) is 0. The van der Waals surface area contributed by atoms with Crippen molar-refractivity contribution in [1.29, 1.82) is 0 Å². The van der Waals surface area contributed by atoms with Crippen molar-refractivity contribution in [3.05, 3.63) is 24.3 Å². The van der Waals surface area contributed by atoms with Gasteiger partial charge in [-0.05, 0) is 26.2 Å². The van der Waals surface area contributed by atoms with E-state index < -0.39 is 0 Å². The quantitative estimate of drug-likeness (QED) is 0.398. The molecule has 52 valence electrons. The van der Waals surface area contributed by atoms with E-state index >= 15 is 0 Å². The minimum absolute atomic E-state index is 1.16. The fourth-order valence-corrected chi connectivity index (χ4v) is 0.644. The van der Waals surface area contributed by atoms with Crippen molar-refractivity contribution < 1.29 is 0 Å². The van der Waals surface area contributed by atoms with Gasteiger partial charge in [0.15, 0.2) is 0 Å². The lowest BCUT2D eigenvalue weighted by molar-refractivity contribution is 1.03. The van der Waals surface area contributed by atoms with Gasteiger partial charge in [0.05, 0.1) is 0 Å². The van der Waals surface area contributed by atoms with Crippen molar-refractivity contribution in [3.8, 4) is 0 Å². The lowest BCUT2D eigenvalue weighted by atomic mass is 10.2. The van der Waals surface area contributed by atoms with E-state index in [0.717, 1.165) is 6.42 Å². The summed E-state index contributed by atoms with van der Waals surface area (Å²) in [4.78, 5) is 0. The molecule has 0 saturated carbocycles. The minimum Gasteiger partial charge on any atom is -0.0917 e. The molecule has 0 spiro atoms. The van der Waals surface area contributed by atoms with Gasteiger partial charge >= 0.3 is 0 Å². The molecule has 0 aliphatic rings. The Labute approximate surface area is 58.3 Å². The van der Waals surface area contributed by atoms with E-state index in [1.165, 1.54) is 12.8 Å². The average molecular weight is 124 g/mol. The molecule has 0 aromatic carbocycles. The number of rotatable bonds is 4. The summed E-state index contributed by atoms with van der Waals surface area (Å²) in [6.45, 7) is 4.22. The lowest BCUT2D eigenvalue weighted by Gasteiger charge is -1.83. The highest BCUT2D eigenvalue weighted by molar-refractivity contribution is 4.85. The number of hydrogen-bond acceptors (Lipinski definition) is 0. The van der Waals surface area contributed by atoms with E-state index in [9.17, 15) is 0 Å². The first kappa shape index (κ1) is 8.48. The molecule has 0 unspecified atom stereocenters. The highest BCUT2D eigenvalue weighted by Crippen LogP contribution is 1.93. The molecule has 0 saturated heterocycles. The maximum Gasteiger partial charge on any atom is -0.0316 e. The first-order valence-electron chi connectivity index (χ1n) is 3.68. The summed E-state index contributed by atoms with van der Waals surface area (Å²) in [6, 6.07) is 0. The molecule has 0 amide bonds. The average Bonchev–Trinajstić information content (AvgIpc) is 1.89. The zero-order chi connectivity index (χ0) is 6.95. The Morgan fingerprint density at radius 2 is 1.67 bits per heavy atom. The van der Waals surface area contributed by atoms with Gasteiger partial charge < -0.3 is 0 Å². The molecule has 0 aromatic heterocycles. The minimum atomic E-state index is 1.16. The molecular weight excluding hydrogens is 108 g/mol. The van der Waals surface area contributed by atoms with Crippen LogP contribution in [-0.2, 0) is 0 Å². The molecule has 0 aliphatic carbocycles. The second-order valence-corrected chi connectivity index (χ2v) is 2.03. The molecule has 0 fully saturated rings. The smallest absolute Gasteiger partial charge is 0.0316 e. The van der Waals surface area contributed by atoms with Crippen molar-refractivity contribution in [2.24, 2.45) is 0 Å². The monoisotopic (exact) mass is 124 g/mol. The molecule has 9 heavy (non-hydrogen) atoms. The normalized spacial score (nSPS) is 11.8. The zero-order valence-electron chi connectivity index (χ0n) is 6.43. The van der Waals surface area contributed by atoms with Gasteiger partial charge in [-0.25, -0.2) is 0 Å². The van der Waals surface area contributed by atoms with Gasteiger partial charge in [0.25, 0.3) is 0 Å². The fourth-order valence-electron chi connectivity index (χ4n) is 0.644. The molecule has 0 radical (unpaired) electrons. The Morgan fingerprint density at radius 1 is 1.00 bits per heavy atom. The van der Waals surface area contributed by atoms with Crippen LogP contribution in [-0.4, -0.2) is 0 Å². The molecule has 0 heteroatoms. The molecule has 0 aliphatic heterocycles. The predicted octanol–water partition coefficient (Wildman–Crippen LogP) is 3.31. The summed E-state index contributed by atoms with van der Waals surface area (Å²) in [5, 5.41) is 0. The van der Waals surface area contributed by atoms with Crippen LogP contribution in [0, 0.1) is 0 Å². The summed E-state index contributed by atoms with van der Waals surface area (Å²) in [6.07, 6.45) is 12.3. The molecular formula is C9H16. The first-order chi connectivity index (χ1) is 4.41. The highest BCUT2D eigenvalue weighted by atomic mass is 13.8. The van der Waals surface area contributed by atoms with Crippen molar-refractivity contribution in [2.75, 3.05) is 0 Å². The maximum atomic E-state index is 2.24. The van der Waals surface area contributed by atoms with Gasteiger partial charge in [-0.2, -0.15) is 0 Å². The molecule has 0 N–H and O–H groups in total. The molecule has 0 rings (SSSR count). The summed E-state index contributed by atoms with van der Waals surface area (Å²) in [7, 11) is 0. The van der Waals surface area contributed by atoms with Crippen LogP contribution in [0.1, 0.15) is 33.1 Å². The zero-order valence-corrected chi connectivity index (χ0v) is 6.43. The van der Waals surface area contributed by atoms with Gasteiger partial charge in [-0.15, -0.1) is 0 Å². The van der Waals surface area contributed by atoms with E-state index in [-0.39, 0.29) is 0 Å². The van der Waals surface area contributed by atoms with E-state index in [1.807, 2.05) is 0 Å². The van der Waals surface area contributed by atoms with Gasteiger partial charge in [-0.3, -0.25) is 0 Å². The molecule has 0 aromatic rings. The van der Waals surface area contributed by atoms with Crippen LogP contribution in [0.3, 0.4) is 0 Å². The Morgan fingerprint density at radius 3 is 2.22 bits per heavy atom. The Kier molecular flexibility index (Phi) is 7.05. The summed E-state index contributed by atoms with van der Waals surface area (Å²) in [5.74, 6) is 0. The second-order valence-electron chi connectivity index (χ2n) is 2.03. The van der Waals surface area contributed by atoms with Gasteiger partial charge in [0.2, 0.25) is 0 Å². The SMILES string of the molecule is CC=CCC/C=C\CC. The van der Waals surface area contributed by atoms with Crippen LogP contribution in [0.25, 0.3) is 0 Å². The second kappa shape index (κ2) is 7.48. The van der Waals surface area contributed by atoms with Crippen LogP contribution < -0.4 is 0 Å². The highest BCUT2D eigenvalue weighted by Gasteiger charge is 1.72. The molecule has 0 bridgehead atoms. The van der Waals surface area contributed by atoms with Gasteiger partial charge in [0, 0.05) is 0 Å². The van der Waals surface area contributed by atoms with E-state index in [0.29, 0.717) is 0 Å². The number of unbranched alkanes of at least 4 members (excludes halogenated alkanes) is 1.